The zero-order valence-electron chi connectivity index (χ0n) is 14.1. The second-order valence-corrected chi connectivity index (χ2v) is 7.98. The largest absolute Gasteiger partial charge is 0.281 e. The molecule has 0 saturated carbocycles. The number of allylic oxidation sites excluding steroid dienone is 1. The number of benzene rings is 2. The van der Waals surface area contributed by atoms with Gasteiger partial charge >= 0.3 is 0 Å². The Hall–Kier alpha value is -1.21. The summed E-state index contributed by atoms with van der Waals surface area (Å²) in [7, 11) is 0. The third kappa shape index (κ3) is 5.16. The van der Waals surface area contributed by atoms with Crippen LogP contribution in [0.1, 0.15) is 12.5 Å². The van der Waals surface area contributed by atoms with E-state index in [0.29, 0.717) is 6.54 Å². The molecule has 0 fully saturated rings. The molecule has 0 aliphatic carbocycles. The third-order valence-corrected chi connectivity index (χ3v) is 5.17. The van der Waals surface area contributed by atoms with Gasteiger partial charge in [0.15, 0.2) is 5.17 Å². The normalized spacial score (nSPS) is 15.5. The highest BCUT2D eigenvalue weighted by atomic mass is 79.9. The molecule has 0 atom stereocenters. The molecule has 1 aliphatic heterocycles. The molecule has 1 heterocycles. The van der Waals surface area contributed by atoms with E-state index < -0.39 is 0 Å². The average Bonchev–Trinajstić information content (AvgIpc) is 2.56. The molecule has 2 aromatic carbocycles. The van der Waals surface area contributed by atoms with Crippen molar-refractivity contribution in [1.82, 2.24) is 10.4 Å². The van der Waals surface area contributed by atoms with Gasteiger partial charge in [-0.1, -0.05) is 63.6 Å². The Labute approximate surface area is 182 Å². The lowest BCUT2D eigenvalue weighted by Gasteiger charge is -2.33. The molecular weight excluding hydrogens is 498 g/mol. The van der Waals surface area contributed by atoms with Gasteiger partial charge in [0.2, 0.25) is 0 Å². The lowest BCUT2D eigenvalue weighted by molar-refractivity contribution is 0.393. The summed E-state index contributed by atoms with van der Waals surface area (Å²) in [6.45, 7) is 6.62. The van der Waals surface area contributed by atoms with Crippen molar-refractivity contribution in [3.63, 3.8) is 0 Å². The Morgan fingerprint density at radius 1 is 1.27 bits per heavy atom. The molecule has 1 aliphatic rings. The lowest BCUT2D eigenvalue weighted by Crippen LogP contribution is -2.42. The zero-order chi connectivity index (χ0) is 17.8. The standard InChI is InChI=1S/C19H17BrClN3S.BrH/c1-3-11-24-18(14-7-9-16(21)10-8-14)13(2)25-19(23-24)22-17-6-4-5-15(20)12-17;/h3-10,12H,1,11H2,2H3,(H,22,23);1H. The number of rotatable bonds is 4. The van der Waals surface area contributed by atoms with Crippen LogP contribution in [0.3, 0.4) is 0 Å². The summed E-state index contributed by atoms with van der Waals surface area (Å²) in [6, 6.07) is 15.8. The summed E-state index contributed by atoms with van der Waals surface area (Å²) in [5, 5.41) is 3.61. The van der Waals surface area contributed by atoms with Crippen LogP contribution in [0, 0.1) is 0 Å². The summed E-state index contributed by atoms with van der Waals surface area (Å²) < 4.78 is 1.01. The first kappa shape index (κ1) is 21.1. The maximum absolute atomic E-state index is 6.02. The molecule has 0 spiro atoms. The highest BCUT2D eigenvalue weighted by Crippen LogP contribution is 2.34. The van der Waals surface area contributed by atoms with E-state index in [1.54, 1.807) is 11.8 Å². The maximum atomic E-state index is 6.02. The average molecular weight is 516 g/mol. The number of hydrogen-bond donors (Lipinski definition) is 1. The second-order valence-electron chi connectivity index (χ2n) is 5.42. The van der Waals surface area contributed by atoms with Gasteiger partial charge < -0.3 is 0 Å². The number of thioether (sulfide) groups is 1. The van der Waals surface area contributed by atoms with Gasteiger partial charge in [-0.3, -0.25) is 10.4 Å². The van der Waals surface area contributed by atoms with Gasteiger partial charge in [0.25, 0.3) is 0 Å². The fourth-order valence-electron chi connectivity index (χ4n) is 2.52. The van der Waals surface area contributed by atoms with E-state index in [9.17, 15) is 0 Å². The summed E-state index contributed by atoms with van der Waals surface area (Å²) in [6.07, 6.45) is 1.86. The first-order valence-corrected chi connectivity index (χ1v) is 9.69. The van der Waals surface area contributed by atoms with E-state index in [0.717, 1.165) is 36.5 Å². The molecule has 0 aromatic heterocycles. The topological polar surface area (TPSA) is 27.6 Å². The molecular formula is C19H18Br2ClN3S. The molecule has 7 heteroatoms. The number of hydrazine groups is 1. The summed E-state index contributed by atoms with van der Waals surface area (Å²) in [4.78, 5) is 5.87. The van der Waals surface area contributed by atoms with Crippen LogP contribution in [0.5, 0.6) is 0 Å². The van der Waals surface area contributed by atoms with Crippen LogP contribution in [0.25, 0.3) is 5.70 Å². The van der Waals surface area contributed by atoms with Gasteiger partial charge in [-0.25, -0.2) is 4.99 Å². The fraction of sp³-hybridized carbons (Fsp3) is 0.105. The Morgan fingerprint density at radius 2 is 2.00 bits per heavy atom. The molecule has 2 aromatic rings. The number of nitrogens with zero attached hydrogens (tertiary/aromatic N) is 2. The lowest BCUT2D eigenvalue weighted by atomic mass is 10.1. The van der Waals surface area contributed by atoms with Crippen LogP contribution in [-0.4, -0.2) is 16.7 Å². The van der Waals surface area contributed by atoms with Crippen LogP contribution >= 0.6 is 56.3 Å². The Morgan fingerprint density at radius 3 is 2.65 bits per heavy atom. The molecule has 26 heavy (non-hydrogen) atoms. The molecule has 0 unspecified atom stereocenters. The molecule has 0 saturated heterocycles. The first-order valence-electron chi connectivity index (χ1n) is 7.71. The molecule has 0 bridgehead atoms. The molecule has 136 valence electrons. The van der Waals surface area contributed by atoms with Gasteiger partial charge in [-0.05, 0) is 37.3 Å². The number of nitrogens with one attached hydrogen (secondary N) is 1. The van der Waals surface area contributed by atoms with Crippen molar-refractivity contribution in [3.05, 3.63) is 81.1 Å². The van der Waals surface area contributed by atoms with Gasteiger partial charge in [0, 0.05) is 20.0 Å². The summed E-state index contributed by atoms with van der Waals surface area (Å²) in [5.41, 5.74) is 6.49. The van der Waals surface area contributed by atoms with Gasteiger partial charge in [-0.15, -0.1) is 23.6 Å². The fourth-order valence-corrected chi connectivity index (χ4v) is 3.96. The summed E-state index contributed by atoms with van der Waals surface area (Å²) >= 11 is 11.1. The van der Waals surface area contributed by atoms with Crippen LogP contribution in [0.2, 0.25) is 5.02 Å². The van der Waals surface area contributed by atoms with Crippen molar-refractivity contribution in [1.29, 1.82) is 0 Å². The molecule has 3 rings (SSSR count). The minimum atomic E-state index is 0. The van der Waals surface area contributed by atoms with Crippen molar-refractivity contribution in [2.24, 2.45) is 4.99 Å². The van der Waals surface area contributed by atoms with Crippen LogP contribution in [0.15, 0.2) is 75.6 Å². The number of aliphatic imine (C=N–C) groups is 1. The first-order chi connectivity index (χ1) is 12.1. The summed E-state index contributed by atoms with van der Waals surface area (Å²) in [5.74, 6) is 0. The molecule has 0 radical (unpaired) electrons. The molecule has 3 nitrogen and oxygen atoms in total. The van der Waals surface area contributed by atoms with Crippen LogP contribution < -0.4 is 5.43 Å². The van der Waals surface area contributed by atoms with E-state index in [1.165, 1.54) is 0 Å². The predicted octanol–water partition coefficient (Wildman–Crippen LogP) is 6.80. The van der Waals surface area contributed by atoms with Gasteiger partial charge in [0.05, 0.1) is 17.9 Å². The third-order valence-electron chi connectivity index (χ3n) is 3.55. The monoisotopic (exact) mass is 513 g/mol. The maximum Gasteiger partial charge on any atom is 0.185 e. The Bertz CT molecular complexity index is 850. The van der Waals surface area contributed by atoms with Gasteiger partial charge in [0.1, 0.15) is 0 Å². The van der Waals surface area contributed by atoms with Crippen molar-refractivity contribution in [3.8, 4) is 0 Å². The van der Waals surface area contributed by atoms with E-state index in [-0.39, 0.29) is 17.0 Å². The van der Waals surface area contributed by atoms with Crippen LogP contribution in [-0.2, 0) is 0 Å². The van der Waals surface area contributed by atoms with Crippen molar-refractivity contribution in [2.75, 3.05) is 6.54 Å². The quantitative estimate of drug-likeness (QED) is 0.454. The predicted molar refractivity (Wildman–Crippen MR) is 123 cm³/mol. The van der Waals surface area contributed by atoms with E-state index in [2.05, 4.69) is 39.9 Å². The smallest absolute Gasteiger partial charge is 0.185 e. The Kier molecular flexibility index (Phi) is 7.83. The van der Waals surface area contributed by atoms with E-state index in [4.69, 9.17) is 16.6 Å². The number of hydrogen-bond acceptors (Lipinski definition) is 3. The van der Waals surface area contributed by atoms with Crippen molar-refractivity contribution in [2.45, 2.75) is 6.92 Å². The van der Waals surface area contributed by atoms with Crippen molar-refractivity contribution < 1.29 is 0 Å². The van der Waals surface area contributed by atoms with Crippen molar-refractivity contribution >= 4 is 72.8 Å². The van der Waals surface area contributed by atoms with E-state index in [1.807, 2.05) is 54.6 Å². The SMILES string of the molecule is Br.C=CCN1NC(=Nc2cccc(Br)c2)SC(C)=C1c1ccc(Cl)cc1. The molecule has 0 amide bonds. The second kappa shape index (κ2) is 9.65. The van der Waals surface area contributed by atoms with Crippen LogP contribution in [0.4, 0.5) is 5.69 Å². The Balaban J connectivity index is 0.00000243. The highest BCUT2D eigenvalue weighted by molar-refractivity contribution is 9.10. The minimum Gasteiger partial charge on any atom is -0.281 e. The van der Waals surface area contributed by atoms with E-state index >= 15 is 0 Å². The number of amidine groups is 1. The zero-order valence-corrected chi connectivity index (χ0v) is 18.9. The molecule has 1 N–H and O–H groups in total. The highest BCUT2D eigenvalue weighted by Gasteiger charge is 2.22. The number of halogens is 3. The van der Waals surface area contributed by atoms with Gasteiger partial charge in [-0.2, -0.15) is 0 Å². The minimum absolute atomic E-state index is 0.